The highest BCUT2D eigenvalue weighted by Crippen LogP contribution is 2.13. The monoisotopic (exact) mass is 222 g/mol. The summed E-state index contributed by atoms with van der Waals surface area (Å²) in [6, 6.07) is 2.99. The average molecular weight is 222 g/mol. The van der Waals surface area contributed by atoms with Gasteiger partial charge in [0.05, 0.1) is 0 Å². The molecule has 82 valence electrons. The Morgan fingerprint density at radius 1 is 1.50 bits per heavy atom. The minimum atomic E-state index is -1.20. The predicted octanol–water partition coefficient (Wildman–Crippen LogP) is 0.515. The van der Waals surface area contributed by atoms with E-state index in [0.717, 1.165) is 0 Å². The molecular weight excluding hydrogens is 216 g/mol. The topological polar surface area (TPSA) is 121 Å². The first-order valence-corrected chi connectivity index (χ1v) is 4.17. The summed E-state index contributed by atoms with van der Waals surface area (Å²) in [6.45, 7) is 0. The molecule has 0 spiro atoms. The van der Waals surface area contributed by atoms with E-state index in [4.69, 9.17) is 5.11 Å². The van der Waals surface area contributed by atoms with Gasteiger partial charge in [-0.25, -0.2) is 14.6 Å². The molecule has 0 radical (unpaired) electrons. The summed E-state index contributed by atoms with van der Waals surface area (Å²) in [7, 11) is 0. The van der Waals surface area contributed by atoms with E-state index in [-0.39, 0.29) is 11.6 Å². The van der Waals surface area contributed by atoms with Crippen LogP contribution in [-0.4, -0.2) is 26.3 Å². The van der Waals surface area contributed by atoms with Gasteiger partial charge in [0.2, 0.25) is 0 Å². The van der Waals surface area contributed by atoms with Gasteiger partial charge in [-0.3, -0.25) is 14.8 Å². The summed E-state index contributed by atoms with van der Waals surface area (Å²) in [6.07, 6.45) is 0.161. The number of nitrogens with one attached hydrogen (secondary N) is 2. The van der Waals surface area contributed by atoms with Crippen molar-refractivity contribution in [3.05, 3.63) is 28.9 Å². The molecule has 0 aliphatic carbocycles. The van der Waals surface area contributed by atoms with E-state index in [1.165, 1.54) is 12.3 Å². The van der Waals surface area contributed by atoms with Gasteiger partial charge in [-0.2, -0.15) is 0 Å². The molecule has 2 aromatic heterocycles. The normalized spacial score (nSPS) is 10.0. The molecule has 1 amide bonds. The highest BCUT2D eigenvalue weighted by molar-refractivity contribution is 5.81. The molecule has 0 aliphatic rings. The van der Waals surface area contributed by atoms with Crippen molar-refractivity contribution in [2.75, 3.05) is 5.32 Å². The molecule has 0 atom stereocenters. The Morgan fingerprint density at radius 3 is 2.81 bits per heavy atom. The minimum Gasteiger partial charge on any atom is -0.465 e. The number of carbonyl (C=O) groups is 1. The summed E-state index contributed by atoms with van der Waals surface area (Å²) >= 11 is 0. The van der Waals surface area contributed by atoms with Crippen molar-refractivity contribution < 1.29 is 14.4 Å². The van der Waals surface area contributed by atoms with Crippen LogP contribution >= 0.6 is 0 Å². The van der Waals surface area contributed by atoms with Crippen molar-refractivity contribution in [1.29, 1.82) is 0 Å². The largest absolute Gasteiger partial charge is 0.465 e. The van der Waals surface area contributed by atoms with Crippen LogP contribution in [-0.2, 0) is 0 Å². The molecule has 0 unspecified atom stereocenters. The summed E-state index contributed by atoms with van der Waals surface area (Å²) in [5, 5.41) is 14.0. The van der Waals surface area contributed by atoms with E-state index in [9.17, 15) is 9.59 Å². The Morgan fingerprint density at radius 2 is 2.31 bits per heavy atom. The Hall–Kier alpha value is -2.64. The molecule has 16 heavy (non-hydrogen) atoms. The second-order valence-corrected chi connectivity index (χ2v) is 2.81. The molecule has 0 bridgehead atoms. The molecule has 3 N–H and O–H groups in total. The molecule has 0 aromatic carbocycles. The second-order valence-electron chi connectivity index (χ2n) is 2.81. The van der Waals surface area contributed by atoms with Crippen LogP contribution in [0, 0.1) is 0 Å². The van der Waals surface area contributed by atoms with Gasteiger partial charge in [-0.15, -0.1) is 0 Å². The summed E-state index contributed by atoms with van der Waals surface area (Å²) in [4.78, 5) is 27.1. The molecule has 0 aliphatic heterocycles. The number of aromatic nitrogens is 3. The van der Waals surface area contributed by atoms with Gasteiger partial charge in [-0.05, 0) is 12.1 Å². The third kappa shape index (κ3) is 2.05. The second kappa shape index (κ2) is 3.85. The van der Waals surface area contributed by atoms with Gasteiger partial charge in [-0.1, -0.05) is 5.16 Å². The van der Waals surface area contributed by atoms with Crippen molar-refractivity contribution in [1.82, 2.24) is 15.1 Å². The third-order valence-electron chi connectivity index (χ3n) is 1.71. The van der Waals surface area contributed by atoms with Crippen molar-refractivity contribution >= 4 is 11.9 Å². The fourth-order valence-corrected chi connectivity index (χ4v) is 1.07. The molecule has 2 rings (SSSR count). The number of H-pyrrole nitrogens is 1. The molecule has 8 heteroatoms. The molecular formula is C8H6N4O4. The van der Waals surface area contributed by atoms with E-state index in [1.54, 1.807) is 6.07 Å². The fourth-order valence-electron chi connectivity index (χ4n) is 1.07. The number of hydrogen-bond acceptors (Lipinski definition) is 5. The lowest BCUT2D eigenvalue weighted by Crippen LogP contribution is -2.08. The number of aromatic amines is 1. The third-order valence-corrected chi connectivity index (χ3v) is 1.71. The lowest BCUT2D eigenvalue weighted by molar-refractivity contribution is 0.209. The number of rotatable bonds is 2. The zero-order valence-corrected chi connectivity index (χ0v) is 7.80. The number of hydrogen-bond donors (Lipinski definition) is 3. The van der Waals surface area contributed by atoms with Gasteiger partial charge in [0, 0.05) is 11.8 Å². The molecule has 2 heterocycles. The molecule has 8 nitrogen and oxygen atoms in total. The lowest BCUT2D eigenvalue weighted by atomic mass is 10.3. The highest BCUT2D eigenvalue weighted by atomic mass is 16.5. The number of anilines is 1. The first kappa shape index (κ1) is 9.90. The van der Waals surface area contributed by atoms with Crippen molar-refractivity contribution in [2.45, 2.75) is 0 Å². The van der Waals surface area contributed by atoms with Crippen LogP contribution < -0.4 is 11.1 Å². The number of amides is 1. The van der Waals surface area contributed by atoms with E-state index in [2.05, 4.69) is 25.0 Å². The van der Waals surface area contributed by atoms with Crippen molar-refractivity contribution in [2.24, 2.45) is 0 Å². The van der Waals surface area contributed by atoms with Crippen LogP contribution in [0.5, 0.6) is 0 Å². The van der Waals surface area contributed by atoms with Gasteiger partial charge < -0.3 is 5.11 Å². The quantitative estimate of drug-likeness (QED) is 0.680. The average Bonchev–Trinajstić information content (AvgIpc) is 2.65. The van der Waals surface area contributed by atoms with E-state index >= 15 is 0 Å². The van der Waals surface area contributed by atoms with Gasteiger partial charge >= 0.3 is 11.8 Å². The maximum Gasteiger partial charge on any atom is 0.439 e. The maximum atomic E-state index is 10.7. The zero-order chi connectivity index (χ0) is 11.5. The maximum absolute atomic E-state index is 10.7. The van der Waals surface area contributed by atoms with E-state index in [0.29, 0.717) is 5.56 Å². The Kier molecular flexibility index (Phi) is 2.38. The van der Waals surface area contributed by atoms with Crippen molar-refractivity contribution in [3.8, 4) is 11.4 Å². The van der Waals surface area contributed by atoms with Crippen LogP contribution in [0.15, 0.2) is 27.6 Å². The fraction of sp³-hybridized carbons (Fsp3) is 0. The Labute approximate surface area is 87.9 Å². The molecule has 0 saturated carbocycles. The van der Waals surface area contributed by atoms with E-state index < -0.39 is 11.8 Å². The standard InChI is InChI=1S/C8H6N4O4/c13-7(14)10-5-2-1-4(3-9-5)6-11-8(15)16-12-6/h1-3H,(H,9,10)(H,13,14)(H,11,12,15). The lowest BCUT2D eigenvalue weighted by Gasteiger charge is -1.99. The molecule has 0 fully saturated rings. The van der Waals surface area contributed by atoms with Gasteiger partial charge in [0.25, 0.3) is 0 Å². The number of pyridine rings is 1. The zero-order valence-electron chi connectivity index (χ0n) is 7.80. The van der Waals surface area contributed by atoms with Gasteiger partial charge in [0.1, 0.15) is 5.82 Å². The number of carboxylic acid groups (broad SMARTS) is 1. The Bertz CT molecular complexity index is 556. The SMILES string of the molecule is O=C(O)Nc1ccc(-c2noc(=O)[nH]2)cn1. The van der Waals surface area contributed by atoms with Crippen LogP contribution in [0.25, 0.3) is 11.4 Å². The smallest absolute Gasteiger partial charge is 0.439 e. The van der Waals surface area contributed by atoms with Gasteiger partial charge in [0.15, 0.2) is 5.82 Å². The summed E-state index contributed by atoms with van der Waals surface area (Å²) < 4.78 is 4.32. The Balaban J connectivity index is 2.25. The van der Waals surface area contributed by atoms with Crippen LogP contribution in [0.2, 0.25) is 0 Å². The number of nitrogens with zero attached hydrogens (tertiary/aromatic N) is 2. The first-order valence-electron chi connectivity index (χ1n) is 4.17. The van der Waals surface area contributed by atoms with E-state index in [1.807, 2.05) is 0 Å². The summed E-state index contributed by atoms with van der Waals surface area (Å²) in [5.41, 5.74) is 0.516. The summed E-state index contributed by atoms with van der Waals surface area (Å²) in [5.74, 6) is -0.246. The predicted molar refractivity (Wildman–Crippen MR) is 52.0 cm³/mol. The van der Waals surface area contributed by atoms with Crippen molar-refractivity contribution in [3.63, 3.8) is 0 Å². The van der Waals surface area contributed by atoms with Crippen LogP contribution in [0.3, 0.4) is 0 Å². The molecule has 0 saturated heterocycles. The minimum absolute atomic E-state index is 0.182. The highest BCUT2D eigenvalue weighted by Gasteiger charge is 2.05. The van der Waals surface area contributed by atoms with Crippen LogP contribution in [0.1, 0.15) is 0 Å². The first-order chi connectivity index (χ1) is 7.65. The molecule has 2 aromatic rings. The van der Waals surface area contributed by atoms with Crippen LogP contribution in [0.4, 0.5) is 10.6 Å².